The molecule has 0 radical (unpaired) electrons. The summed E-state index contributed by atoms with van der Waals surface area (Å²) in [4.78, 5) is 25.3. The highest BCUT2D eigenvalue weighted by Crippen LogP contribution is 2.20. The number of amides is 2. The first-order valence-corrected chi connectivity index (χ1v) is 7.33. The average Bonchev–Trinajstić information content (AvgIpc) is 2.50. The SMILES string of the molecule is CC(=O)N(CCC(=O)Nc1ccccc1Cl)c1ccccc1. The molecule has 0 unspecified atom stereocenters. The van der Waals surface area contributed by atoms with Gasteiger partial charge in [0.05, 0.1) is 10.7 Å². The van der Waals surface area contributed by atoms with Gasteiger partial charge in [-0.3, -0.25) is 9.59 Å². The predicted molar refractivity (Wildman–Crippen MR) is 89.2 cm³/mol. The predicted octanol–water partition coefficient (Wildman–Crippen LogP) is 3.72. The molecule has 0 heterocycles. The normalized spacial score (nSPS) is 10.1. The molecule has 114 valence electrons. The van der Waals surface area contributed by atoms with Gasteiger partial charge in [0.25, 0.3) is 0 Å². The summed E-state index contributed by atoms with van der Waals surface area (Å²) < 4.78 is 0. The van der Waals surface area contributed by atoms with Crippen molar-refractivity contribution in [2.45, 2.75) is 13.3 Å². The minimum atomic E-state index is -0.185. The molecule has 0 spiro atoms. The smallest absolute Gasteiger partial charge is 0.226 e. The number of nitrogens with one attached hydrogen (secondary N) is 1. The van der Waals surface area contributed by atoms with E-state index in [9.17, 15) is 9.59 Å². The van der Waals surface area contributed by atoms with E-state index in [1.54, 1.807) is 29.2 Å². The fourth-order valence-corrected chi connectivity index (χ4v) is 2.25. The molecule has 0 bridgehead atoms. The lowest BCUT2D eigenvalue weighted by Gasteiger charge is -2.20. The molecule has 4 nitrogen and oxygen atoms in total. The van der Waals surface area contributed by atoms with Crippen molar-refractivity contribution in [2.75, 3.05) is 16.8 Å². The van der Waals surface area contributed by atoms with E-state index in [0.717, 1.165) is 5.69 Å². The van der Waals surface area contributed by atoms with Crippen LogP contribution < -0.4 is 10.2 Å². The first-order chi connectivity index (χ1) is 10.6. The Kier molecular flexibility index (Phi) is 5.55. The van der Waals surface area contributed by atoms with Crippen LogP contribution >= 0.6 is 11.6 Å². The van der Waals surface area contributed by atoms with E-state index in [0.29, 0.717) is 17.3 Å². The van der Waals surface area contributed by atoms with Crippen LogP contribution in [-0.4, -0.2) is 18.4 Å². The standard InChI is InChI=1S/C17H17ClN2O2/c1-13(21)20(14-7-3-2-4-8-14)12-11-17(22)19-16-10-6-5-9-15(16)18/h2-10H,11-12H2,1H3,(H,19,22). The first kappa shape index (κ1) is 16.0. The number of hydrogen-bond acceptors (Lipinski definition) is 2. The minimum Gasteiger partial charge on any atom is -0.325 e. The zero-order valence-electron chi connectivity index (χ0n) is 12.3. The summed E-state index contributed by atoms with van der Waals surface area (Å²) in [7, 11) is 0. The molecule has 0 aromatic heterocycles. The van der Waals surface area contributed by atoms with Gasteiger partial charge in [0.15, 0.2) is 0 Å². The lowest BCUT2D eigenvalue weighted by Crippen LogP contribution is -2.31. The highest BCUT2D eigenvalue weighted by atomic mass is 35.5. The number of carbonyl (C=O) groups excluding carboxylic acids is 2. The number of nitrogens with zero attached hydrogens (tertiary/aromatic N) is 1. The lowest BCUT2D eigenvalue weighted by molar-refractivity contribution is -0.117. The number of anilines is 2. The second kappa shape index (κ2) is 7.61. The summed E-state index contributed by atoms with van der Waals surface area (Å²) >= 11 is 6.00. The molecule has 0 aliphatic heterocycles. The minimum absolute atomic E-state index is 0.100. The Morgan fingerprint density at radius 1 is 1.05 bits per heavy atom. The maximum atomic E-state index is 12.0. The maximum Gasteiger partial charge on any atom is 0.226 e. The number of para-hydroxylation sites is 2. The number of carbonyl (C=O) groups is 2. The zero-order chi connectivity index (χ0) is 15.9. The van der Waals surface area contributed by atoms with E-state index in [2.05, 4.69) is 5.32 Å². The average molecular weight is 317 g/mol. The second-order valence-corrected chi connectivity index (χ2v) is 5.19. The van der Waals surface area contributed by atoms with Crippen LogP contribution in [0.5, 0.6) is 0 Å². The molecule has 2 rings (SSSR count). The summed E-state index contributed by atoms with van der Waals surface area (Å²) in [5, 5.41) is 3.24. The van der Waals surface area contributed by atoms with Crippen molar-refractivity contribution in [1.29, 1.82) is 0 Å². The molecule has 1 N–H and O–H groups in total. The van der Waals surface area contributed by atoms with Crippen LogP contribution in [0.1, 0.15) is 13.3 Å². The van der Waals surface area contributed by atoms with Gasteiger partial charge in [-0.1, -0.05) is 41.9 Å². The topological polar surface area (TPSA) is 49.4 Å². The molecule has 2 aromatic rings. The maximum absolute atomic E-state index is 12.0. The van der Waals surface area contributed by atoms with Crippen LogP contribution in [0.15, 0.2) is 54.6 Å². The van der Waals surface area contributed by atoms with E-state index in [4.69, 9.17) is 11.6 Å². The molecule has 5 heteroatoms. The van der Waals surface area contributed by atoms with Gasteiger partial charge in [0.2, 0.25) is 11.8 Å². The first-order valence-electron chi connectivity index (χ1n) is 6.95. The summed E-state index contributed by atoms with van der Waals surface area (Å²) in [5.74, 6) is -0.285. The fourth-order valence-electron chi connectivity index (χ4n) is 2.06. The summed E-state index contributed by atoms with van der Waals surface area (Å²) in [6.07, 6.45) is 0.194. The third-order valence-corrected chi connectivity index (χ3v) is 3.49. The van der Waals surface area contributed by atoms with Gasteiger partial charge in [-0.25, -0.2) is 0 Å². The number of hydrogen-bond donors (Lipinski definition) is 1. The van der Waals surface area contributed by atoms with Crippen LogP contribution in [0.2, 0.25) is 5.02 Å². The Morgan fingerprint density at radius 3 is 2.32 bits per heavy atom. The van der Waals surface area contributed by atoms with Crippen LogP contribution in [0.3, 0.4) is 0 Å². The molecule has 0 saturated carbocycles. The number of rotatable bonds is 5. The van der Waals surface area contributed by atoms with Crippen molar-refractivity contribution in [3.05, 3.63) is 59.6 Å². The van der Waals surface area contributed by atoms with Crippen LogP contribution in [0.4, 0.5) is 11.4 Å². The molecule has 0 aliphatic carbocycles. The van der Waals surface area contributed by atoms with Gasteiger partial charge in [-0.2, -0.15) is 0 Å². The largest absolute Gasteiger partial charge is 0.325 e. The molecule has 0 saturated heterocycles. The van der Waals surface area contributed by atoms with Crippen LogP contribution in [-0.2, 0) is 9.59 Å². The Bertz CT molecular complexity index is 659. The van der Waals surface area contributed by atoms with E-state index < -0.39 is 0 Å². The Labute approximate surface area is 134 Å². The highest BCUT2D eigenvalue weighted by Gasteiger charge is 2.13. The quantitative estimate of drug-likeness (QED) is 0.914. The summed E-state index contributed by atoms with van der Waals surface area (Å²) in [6.45, 7) is 1.80. The van der Waals surface area contributed by atoms with E-state index in [1.807, 2.05) is 30.3 Å². The van der Waals surface area contributed by atoms with Crippen molar-refractivity contribution in [2.24, 2.45) is 0 Å². The third-order valence-electron chi connectivity index (χ3n) is 3.16. The van der Waals surface area contributed by atoms with Crippen molar-refractivity contribution >= 4 is 34.8 Å². The second-order valence-electron chi connectivity index (χ2n) is 4.78. The zero-order valence-corrected chi connectivity index (χ0v) is 13.0. The van der Waals surface area contributed by atoms with Gasteiger partial charge in [-0.05, 0) is 24.3 Å². The molecule has 0 atom stereocenters. The fraction of sp³-hybridized carbons (Fsp3) is 0.176. The van der Waals surface area contributed by atoms with Crippen molar-refractivity contribution in [1.82, 2.24) is 0 Å². The molecular weight excluding hydrogens is 300 g/mol. The van der Waals surface area contributed by atoms with E-state index in [1.165, 1.54) is 6.92 Å². The highest BCUT2D eigenvalue weighted by molar-refractivity contribution is 6.33. The van der Waals surface area contributed by atoms with Crippen LogP contribution in [0.25, 0.3) is 0 Å². The molecule has 2 amide bonds. The van der Waals surface area contributed by atoms with Crippen molar-refractivity contribution in [3.63, 3.8) is 0 Å². The molecule has 2 aromatic carbocycles. The van der Waals surface area contributed by atoms with Gasteiger partial charge in [0, 0.05) is 25.6 Å². The third kappa shape index (κ3) is 4.33. The lowest BCUT2D eigenvalue weighted by atomic mass is 10.2. The van der Waals surface area contributed by atoms with Gasteiger partial charge in [0.1, 0.15) is 0 Å². The summed E-state index contributed by atoms with van der Waals surface area (Å²) in [6, 6.07) is 16.3. The Hall–Kier alpha value is -2.33. The number of halogens is 1. The summed E-state index contributed by atoms with van der Waals surface area (Å²) in [5.41, 5.74) is 1.35. The van der Waals surface area contributed by atoms with E-state index in [-0.39, 0.29) is 18.2 Å². The van der Waals surface area contributed by atoms with Gasteiger partial charge < -0.3 is 10.2 Å². The van der Waals surface area contributed by atoms with Gasteiger partial charge in [-0.15, -0.1) is 0 Å². The van der Waals surface area contributed by atoms with E-state index >= 15 is 0 Å². The van der Waals surface area contributed by atoms with Gasteiger partial charge >= 0.3 is 0 Å². The molecular formula is C17H17ClN2O2. The van der Waals surface area contributed by atoms with Crippen LogP contribution in [0, 0.1) is 0 Å². The Balaban J connectivity index is 1.97. The molecule has 22 heavy (non-hydrogen) atoms. The number of benzene rings is 2. The Morgan fingerprint density at radius 2 is 1.68 bits per heavy atom. The monoisotopic (exact) mass is 316 g/mol. The van der Waals surface area contributed by atoms with Crippen molar-refractivity contribution in [3.8, 4) is 0 Å². The van der Waals surface area contributed by atoms with Crippen molar-refractivity contribution < 1.29 is 9.59 Å². The molecule has 0 aliphatic rings. The molecule has 0 fully saturated rings.